The Balaban J connectivity index is 1.38. The Bertz CT molecular complexity index is 1190. The number of rotatable bonds is 3. The van der Waals surface area contributed by atoms with Crippen molar-refractivity contribution in [3.8, 4) is 28.1 Å². The van der Waals surface area contributed by atoms with Crippen LogP contribution in [-0.2, 0) is 7.05 Å². The van der Waals surface area contributed by atoms with E-state index in [2.05, 4.69) is 34.0 Å². The van der Waals surface area contributed by atoms with Crippen LogP contribution in [-0.4, -0.2) is 57.5 Å². The van der Waals surface area contributed by atoms with Gasteiger partial charge in [0.25, 0.3) is 5.56 Å². The molecular weight excluding hydrogens is 390 g/mol. The fraction of sp³-hybridized carbons (Fsp3) is 0.375. The van der Waals surface area contributed by atoms with E-state index in [0.29, 0.717) is 22.7 Å². The van der Waals surface area contributed by atoms with Crippen molar-refractivity contribution in [3.05, 3.63) is 59.0 Å². The highest BCUT2D eigenvalue weighted by molar-refractivity contribution is 5.74. The molecule has 0 spiro atoms. The minimum absolute atomic E-state index is 0.0892. The summed E-state index contributed by atoms with van der Waals surface area (Å²) >= 11 is 0. The molecule has 31 heavy (non-hydrogen) atoms. The van der Waals surface area contributed by atoms with Crippen molar-refractivity contribution in [2.45, 2.75) is 19.4 Å². The summed E-state index contributed by atoms with van der Waals surface area (Å²) in [4.78, 5) is 16.7. The number of anilines is 1. The molecule has 7 heteroatoms. The number of nitrogens with zero attached hydrogens (tertiary/aromatic N) is 5. The first-order valence-electron chi connectivity index (χ1n) is 10.6. The molecule has 7 nitrogen and oxygen atoms in total. The largest absolute Gasteiger partial charge is 0.507 e. The van der Waals surface area contributed by atoms with E-state index in [0.717, 1.165) is 36.6 Å². The van der Waals surface area contributed by atoms with Crippen LogP contribution in [0.2, 0.25) is 0 Å². The molecule has 2 atom stereocenters. The number of aryl methyl sites for hydroxylation is 1. The quantitative estimate of drug-likeness (QED) is 0.706. The summed E-state index contributed by atoms with van der Waals surface area (Å²) in [7, 11) is 3.91. The van der Waals surface area contributed by atoms with Gasteiger partial charge in [0.05, 0.1) is 5.69 Å². The lowest BCUT2D eigenvalue weighted by Gasteiger charge is -2.24. The topological polar surface area (TPSA) is 74.5 Å². The van der Waals surface area contributed by atoms with Gasteiger partial charge in [-0.05, 0) is 61.5 Å². The molecule has 3 aromatic rings. The van der Waals surface area contributed by atoms with Gasteiger partial charge in [-0.3, -0.25) is 4.79 Å². The number of phenolic OH excluding ortho intramolecular Hbond substituents is 1. The van der Waals surface area contributed by atoms with Gasteiger partial charge in [0.1, 0.15) is 5.75 Å². The number of likely N-dealkylation sites (N-methyl/N-ethyl adjacent to an activating group) is 1. The van der Waals surface area contributed by atoms with Crippen LogP contribution in [0.1, 0.15) is 13.3 Å². The van der Waals surface area contributed by atoms with Crippen LogP contribution >= 0.6 is 0 Å². The maximum Gasteiger partial charge on any atom is 0.250 e. The molecule has 2 fully saturated rings. The summed E-state index contributed by atoms with van der Waals surface area (Å²) in [6.07, 6.45) is 2.93. The van der Waals surface area contributed by atoms with Gasteiger partial charge in [-0.15, -0.1) is 10.2 Å². The number of aromatic hydroxyl groups is 1. The van der Waals surface area contributed by atoms with E-state index in [-0.39, 0.29) is 11.3 Å². The number of likely N-dealkylation sites (tertiary alicyclic amines) is 1. The highest BCUT2D eigenvalue weighted by Crippen LogP contribution is 2.43. The number of aromatic nitrogens is 3. The maximum absolute atomic E-state index is 11.9. The van der Waals surface area contributed by atoms with Crippen molar-refractivity contribution in [3.63, 3.8) is 0 Å². The number of hydrogen-bond donors (Lipinski definition) is 1. The summed E-state index contributed by atoms with van der Waals surface area (Å²) in [5.74, 6) is 0.995. The maximum atomic E-state index is 11.9. The number of phenols is 1. The van der Waals surface area contributed by atoms with E-state index < -0.39 is 0 Å². The predicted molar refractivity (Wildman–Crippen MR) is 121 cm³/mol. The van der Waals surface area contributed by atoms with Crippen molar-refractivity contribution in [1.82, 2.24) is 19.7 Å². The van der Waals surface area contributed by atoms with Gasteiger partial charge in [0.15, 0.2) is 5.82 Å². The number of hydrogen-bond acceptors (Lipinski definition) is 6. The predicted octanol–water partition coefficient (Wildman–Crippen LogP) is 2.75. The molecule has 2 aliphatic heterocycles. The third-order valence-electron chi connectivity index (χ3n) is 7.00. The van der Waals surface area contributed by atoms with E-state index in [1.807, 2.05) is 30.3 Å². The van der Waals surface area contributed by atoms with E-state index >= 15 is 0 Å². The van der Waals surface area contributed by atoms with Gasteiger partial charge in [-0.1, -0.05) is 13.0 Å². The Morgan fingerprint density at radius 1 is 1.06 bits per heavy atom. The normalized spacial score (nSPS) is 23.3. The van der Waals surface area contributed by atoms with Crippen LogP contribution in [0.15, 0.2) is 53.5 Å². The minimum Gasteiger partial charge on any atom is -0.507 e. The molecule has 4 heterocycles. The molecule has 2 aliphatic rings. The second-order valence-corrected chi connectivity index (χ2v) is 9.15. The summed E-state index contributed by atoms with van der Waals surface area (Å²) in [5.41, 5.74) is 3.01. The molecule has 1 N–H and O–H groups in total. The van der Waals surface area contributed by atoms with Crippen LogP contribution < -0.4 is 10.5 Å². The summed E-state index contributed by atoms with van der Waals surface area (Å²) < 4.78 is 1.51. The number of benzene rings is 1. The lowest BCUT2D eigenvalue weighted by atomic mass is 9.85. The van der Waals surface area contributed by atoms with Crippen LogP contribution in [0.3, 0.4) is 0 Å². The summed E-state index contributed by atoms with van der Waals surface area (Å²) in [6.45, 7) is 5.49. The standard InChI is InChI=1S/C24H27N5O2/c1-24-9-11-27(2)21(24)14-29(15-24)22-7-6-19(25-26-22)18-5-4-16(12-20(18)30)17-8-10-28(3)23(31)13-17/h4-8,10,12-13,21,30H,9,11,14-15H2,1-3H3/t21-,24+/m0/s1. The molecule has 0 unspecified atom stereocenters. The van der Waals surface area contributed by atoms with Crippen molar-refractivity contribution in [2.24, 2.45) is 12.5 Å². The number of fused-ring (bicyclic) bond motifs is 1. The van der Waals surface area contributed by atoms with Crippen molar-refractivity contribution in [1.29, 1.82) is 0 Å². The molecular formula is C24H27N5O2. The second kappa shape index (κ2) is 7.20. The van der Waals surface area contributed by atoms with Crippen molar-refractivity contribution < 1.29 is 5.11 Å². The Morgan fingerprint density at radius 3 is 2.55 bits per heavy atom. The molecule has 0 aliphatic carbocycles. The molecule has 0 amide bonds. The Labute approximate surface area is 181 Å². The molecule has 2 saturated heterocycles. The van der Waals surface area contributed by atoms with Gasteiger partial charge in [-0.25, -0.2) is 0 Å². The van der Waals surface area contributed by atoms with Crippen LogP contribution in [0, 0.1) is 5.41 Å². The zero-order chi connectivity index (χ0) is 21.8. The first kappa shape index (κ1) is 19.8. The SMILES string of the molecule is CN1CC[C@]2(C)CN(c3ccc(-c4ccc(-c5ccn(C)c(=O)c5)cc4O)nn3)C[C@H]12. The highest BCUT2D eigenvalue weighted by atomic mass is 16.3. The molecule has 1 aromatic carbocycles. The Hall–Kier alpha value is -3.19. The van der Waals surface area contributed by atoms with E-state index in [4.69, 9.17) is 0 Å². The minimum atomic E-state index is -0.0892. The zero-order valence-electron chi connectivity index (χ0n) is 18.1. The highest BCUT2D eigenvalue weighted by Gasteiger charge is 2.49. The third kappa shape index (κ3) is 3.39. The summed E-state index contributed by atoms with van der Waals surface area (Å²) in [6, 6.07) is 13.2. The van der Waals surface area contributed by atoms with E-state index in [1.54, 1.807) is 25.4 Å². The van der Waals surface area contributed by atoms with Gasteiger partial charge in [0.2, 0.25) is 0 Å². The monoisotopic (exact) mass is 417 g/mol. The fourth-order valence-electron chi connectivity index (χ4n) is 5.01. The van der Waals surface area contributed by atoms with Crippen molar-refractivity contribution >= 4 is 5.82 Å². The first-order chi connectivity index (χ1) is 14.8. The lowest BCUT2D eigenvalue weighted by molar-refractivity contribution is 0.252. The lowest BCUT2D eigenvalue weighted by Crippen LogP contribution is -2.34. The molecule has 0 bridgehead atoms. The molecule has 160 valence electrons. The van der Waals surface area contributed by atoms with Crippen LogP contribution in [0.25, 0.3) is 22.4 Å². The molecule has 0 saturated carbocycles. The van der Waals surface area contributed by atoms with Gasteiger partial charge >= 0.3 is 0 Å². The molecule has 0 radical (unpaired) electrons. The average molecular weight is 418 g/mol. The van der Waals surface area contributed by atoms with Crippen LogP contribution in [0.5, 0.6) is 5.75 Å². The van der Waals surface area contributed by atoms with Crippen molar-refractivity contribution in [2.75, 3.05) is 31.6 Å². The van der Waals surface area contributed by atoms with E-state index in [1.165, 1.54) is 11.0 Å². The average Bonchev–Trinajstić information content (AvgIpc) is 3.25. The third-order valence-corrected chi connectivity index (χ3v) is 7.00. The Kier molecular flexibility index (Phi) is 4.59. The van der Waals surface area contributed by atoms with Gasteiger partial charge < -0.3 is 19.5 Å². The van der Waals surface area contributed by atoms with E-state index in [9.17, 15) is 9.90 Å². The first-order valence-corrected chi connectivity index (χ1v) is 10.6. The summed E-state index contributed by atoms with van der Waals surface area (Å²) in [5, 5.41) is 19.5. The number of pyridine rings is 1. The molecule has 2 aromatic heterocycles. The van der Waals surface area contributed by atoms with Gasteiger partial charge in [0, 0.05) is 49.4 Å². The second-order valence-electron chi connectivity index (χ2n) is 9.15. The Morgan fingerprint density at radius 2 is 1.87 bits per heavy atom. The smallest absolute Gasteiger partial charge is 0.250 e. The fourth-order valence-corrected chi connectivity index (χ4v) is 5.01. The van der Waals surface area contributed by atoms with Crippen LogP contribution in [0.4, 0.5) is 5.82 Å². The molecule has 5 rings (SSSR count). The zero-order valence-corrected chi connectivity index (χ0v) is 18.1. The van der Waals surface area contributed by atoms with Gasteiger partial charge in [-0.2, -0.15) is 0 Å².